The molecule has 0 spiro atoms. The van der Waals surface area contributed by atoms with E-state index < -0.39 is 5.91 Å². The van der Waals surface area contributed by atoms with Crippen LogP contribution in [0.4, 0.5) is 23.1 Å². The minimum Gasteiger partial charge on any atom is -0.393 e. The molecule has 10 heteroatoms. The van der Waals surface area contributed by atoms with Crippen molar-refractivity contribution in [2.24, 2.45) is 0 Å². The molecule has 1 amide bonds. The normalized spacial score (nSPS) is 10.1. The van der Waals surface area contributed by atoms with Crippen LogP contribution >= 0.6 is 15.9 Å². The van der Waals surface area contributed by atoms with Gasteiger partial charge in [0, 0.05) is 16.9 Å². The van der Waals surface area contributed by atoms with E-state index in [1.54, 1.807) is 30.5 Å². The summed E-state index contributed by atoms with van der Waals surface area (Å²) in [5, 5.41) is 2.99. The Morgan fingerprint density at radius 2 is 1.88 bits per heavy atom. The highest BCUT2D eigenvalue weighted by molar-refractivity contribution is 9.10. The van der Waals surface area contributed by atoms with Gasteiger partial charge in [0.1, 0.15) is 23.5 Å². The van der Waals surface area contributed by atoms with Gasteiger partial charge >= 0.3 is 0 Å². The summed E-state index contributed by atoms with van der Waals surface area (Å²) in [5.74, 6) is 0.762. The van der Waals surface area contributed by atoms with Crippen molar-refractivity contribution in [2.45, 2.75) is 0 Å². The predicted octanol–water partition coefficient (Wildman–Crippen LogP) is 2.11. The first kappa shape index (κ1) is 16.6. The first-order valence-electron chi connectivity index (χ1n) is 7.10. The maximum Gasteiger partial charge on any atom is 0.288 e. The number of anilines is 4. The number of carbonyl (C=O) groups excluding carboxylic acids is 1. The molecule has 0 aliphatic carbocycles. The Morgan fingerprint density at radius 1 is 1.04 bits per heavy atom. The second-order valence-electron chi connectivity index (χ2n) is 4.77. The Bertz CT molecular complexity index is 872. The molecule has 0 fully saturated rings. The number of hydrogen-bond acceptors (Lipinski definition) is 8. The van der Waals surface area contributed by atoms with Gasteiger partial charge in [-0.25, -0.2) is 15.0 Å². The van der Waals surface area contributed by atoms with E-state index >= 15 is 0 Å². The van der Waals surface area contributed by atoms with Crippen LogP contribution in [0.25, 0.3) is 0 Å². The molecular weight excluding hydrogens is 388 g/mol. The molecule has 0 radical (unpaired) electrons. The van der Waals surface area contributed by atoms with Crippen LogP contribution in [0.15, 0.2) is 53.5 Å². The minimum atomic E-state index is -0.414. The number of nitrogen functional groups attached to an aromatic ring is 1. The Morgan fingerprint density at radius 3 is 2.60 bits per heavy atom. The van der Waals surface area contributed by atoms with Gasteiger partial charge < -0.3 is 11.1 Å². The third-order valence-electron chi connectivity index (χ3n) is 3.05. The van der Waals surface area contributed by atoms with Gasteiger partial charge in [0.15, 0.2) is 11.6 Å². The third kappa shape index (κ3) is 4.18. The molecule has 3 aromatic heterocycles. The van der Waals surface area contributed by atoms with Crippen molar-refractivity contribution in [3.63, 3.8) is 0 Å². The summed E-state index contributed by atoms with van der Waals surface area (Å²) in [5.41, 5.74) is 11.7. The fourth-order valence-electron chi connectivity index (χ4n) is 1.84. The number of hydrogen-bond donors (Lipinski definition) is 4. The Kier molecular flexibility index (Phi) is 5.00. The number of nitrogens with zero attached hydrogens (tertiary/aromatic N) is 4. The zero-order valence-electron chi connectivity index (χ0n) is 12.8. The summed E-state index contributed by atoms with van der Waals surface area (Å²) in [6, 6.07) is 8.63. The minimum absolute atomic E-state index is 0.230. The number of aromatic nitrogens is 4. The first-order chi connectivity index (χ1) is 12.1. The molecule has 0 aromatic carbocycles. The topological polar surface area (TPSA) is 131 Å². The Balaban J connectivity index is 1.70. The average molecular weight is 401 g/mol. The van der Waals surface area contributed by atoms with Gasteiger partial charge in [-0.3, -0.25) is 20.6 Å². The van der Waals surface area contributed by atoms with E-state index in [9.17, 15) is 4.79 Å². The SMILES string of the molecule is Nc1c(NNC(=O)c2ccccn2)ncnc1Nc1ccc(Br)cn1. The monoisotopic (exact) mass is 400 g/mol. The fourth-order valence-corrected chi connectivity index (χ4v) is 2.08. The second kappa shape index (κ2) is 7.53. The molecule has 0 saturated carbocycles. The zero-order chi connectivity index (χ0) is 17.6. The molecule has 25 heavy (non-hydrogen) atoms. The molecule has 3 aromatic rings. The van der Waals surface area contributed by atoms with Crippen molar-refractivity contribution < 1.29 is 4.79 Å². The maximum absolute atomic E-state index is 12.0. The molecule has 9 nitrogen and oxygen atoms in total. The summed E-state index contributed by atoms with van der Waals surface area (Å²) in [7, 11) is 0. The van der Waals surface area contributed by atoms with Gasteiger partial charge in [0.05, 0.1) is 0 Å². The van der Waals surface area contributed by atoms with Gasteiger partial charge in [-0.15, -0.1) is 0 Å². The number of pyridine rings is 2. The quantitative estimate of drug-likeness (QED) is 0.478. The lowest BCUT2D eigenvalue weighted by molar-refractivity contribution is 0.0957. The number of nitrogens with one attached hydrogen (secondary N) is 3. The predicted molar refractivity (Wildman–Crippen MR) is 97.0 cm³/mol. The van der Waals surface area contributed by atoms with Crippen molar-refractivity contribution in [1.29, 1.82) is 0 Å². The van der Waals surface area contributed by atoms with Gasteiger partial charge in [0.2, 0.25) is 0 Å². The van der Waals surface area contributed by atoms with E-state index in [0.717, 1.165) is 4.47 Å². The maximum atomic E-state index is 12.0. The van der Waals surface area contributed by atoms with Gasteiger partial charge in [0.25, 0.3) is 5.91 Å². The largest absolute Gasteiger partial charge is 0.393 e. The number of carbonyl (C=O) groups is 1. The summed E-state index contributed by atoms with van der Waals surface area (Å²) < 4.78 is 0.855. The highest BCUT2D eigenvalue weighted by Gasteiger charge is 2.11. The highest BCUT2D eigenvalue weighted by atomic mass is 79.9. The summed E-state index contributed by atoms with van der Waals surface area (Å²) in [4.78, 5) is 28.2. The van der Waals surface area contributed by atoms with Crippen LogP contribution < -0.4 is 21.9 Å². The van der Waals surface area contributed by atoms with Crippen molar-refractivity contribution in [1.82, 2.24) is 25.4 Å². The molecule has 0 bridgehead atoms. The fraction of sp³-hybridized carbons (Fsp3) is 0. The highest BCUT2D eigenvalue weighted by Crippen LogP contribution is 2.24. The van der Waals surface area contributed by atoms with Crippen LogP contribution in [-0.4, -0.2) is 25.8 Å². The average Bonchev–Trinajstić information content (AvgIpc) is 2.64. The molecule has 0 atom stereocenters. The zero-order valence-corrected chi connectivity index (χ0v) is 14.4. The smallest absolute Gasteiger partial charge is 0.288 e. The number of amides is 1. The van der Waals surface area contributed by atoms with E-state index in [1.165, 1.54) is 12.5 Å². The van der Waals surface area contributed by atoms with E-state index in [4.69, 9.17) is 5.73 Å². The molecule has 0 saturated heterocycles. The lowest BCUT2D eigenvalue weighted by Crippen LogP contribution is -2.31. The molecule has 0 unspecified atom stereocenters. The number of hydrazine groups is 1. The van der Waals surface area contributed by atoms with Crippen LogP contribution in [0, 0.1) is 0 Å². The van der Waals surface area contributed by atoms with Crippen LogP contribution in [0.2, 0.25) is 0 Å². The molecule has 3 heterocycles. The van der Waals surface area contributed by atoms with Crippen molar-refractivity contribution >= 4 is 45.0 Å². The molecule has 3 rings (SSSR count). The first-order valence-corrected chi connectivity index (χ1v) is 7.89. The summed E-state index contributed by atoms with van der Waals surface area (Å²) >= 11 is 3.31. The van der Waals surface area contributed by atoms with Gasteiger partial charge in [-0.2, -0.15) is 0 Å². The van der Waals surface area contributed by atoms with E-state index in [0.29, 0.717) is 11.6 Å². The van der Waals surface area contributed by atoms with Crippen molar-refractivity contribution in [3.05, 3.63) is 59.2 Å². The Hall–Kier alpha value is -3.27. The van der Waals surface area contributed by atoms with Gasteiger partial charge in [-0.1, -0.05) is 6.07 Å². The molecular formula is C15H13BrN8O. The van der Waals surface area contributed by atoms with Crippen LogP contribution in [0.3, 0.4) is 0 Å². The van der Waals surface area contributed by atoms with Crippen LogP contribution in [0.1, 0.15) is 10.5 Å². The summed E-state index contributed by atoms with van der Waals surface area (Å²) in [6.07, 6.45) is 4.49. The van der Waals surface area contributed by atoms with Crippen LogP contribution in [0.5, 0.6) is 0 Å². The van der Waals surface area contributed by atoms with Crippen molar-refractivity contribution in [2.75, 3.05) is 16.5 Å². The number of rotatable bonds is 5. The van der Waals surface area contributed by atoms with E-state index in [-0.39, 0.29) is 17.2 Å². The van der Waals surface area contributed by atoms with E-state index in [2.05, 4.69) is 52.0 Å². The number of nitrogens with two attached hydrogens (primary N) is 1. The number of halogens is 1. The summed E-state index contributed by atoms with van der Waals surface area (Å²) in [6.45, 7) is 0. The molecule has 5 N–H and O–H groups in total. The third-order valence-corrected chi connectivity index (χ3v) is 3.52. The lowest BCUT2D eigenvalue weighted by Gasteiger charge is -2.12. The Labute approximate surface area is 151 Å². The molecule has 0 aliphatic heterocycles. The van der Waals surface area contributed by atoms with Crippen LogP contribution in [-0.2, 0) is 0 Å². The molecule has 0 aliphatic rings. The second-order valence-corrected chi connectivity index (χ2v) is 5.68. The van der Waals surface area contributed by atoms with E-state index in [1.807, 2.05) is 6.07 Å². The standard InChI is InChI=1S/C15H13BrN8O/c16-9-4-5-11(19-7-9)22-13-12(17)14(21-8-20-13)23-24-15(25)10-3-1-2-6-18-10/h1-8H,17H2,(H,24,25)(H2,19,20,21,22,23). The molecule has 126 valence electrons. The lowest BCUT2D eigenvalue weighted by atomic mass is 10.3. The van der Waals surface area contributed by atoms with Gasteiger partial charge in [-0.05, 0) is 40.2 Å². The van der Waals surface area contributed by atoms with Crippen molar-refractivity contribution in [3.8, 4) is 0 Å².